The van der Waals surface area contributed by atoms with Crippen LogP contribution in [-0.2, 0) is 0 Å². The van der Waals surface area contributed by atoms with Crippen molar-refractivity contribution in [3.63, 3.8) is 0 Å². The first-order valence-electron chi connectivity index (χ1n) is 4.88. The van der Waals surface area contributed by atoms with Crippen molar-refractivity contribution in [1.29, 1.82) is 0 Å². The Morgan fingerprint density at radius 1 is 1.50 bits per heavy atom. The summed E-state index contributed by atoms with van der Waals surface area (Å²) in [5.41, 5.74) is 1.75. The molecule has 0 aliphatic carbocycles. The molecule has 5 heteroatoms. The first-order valence-corrected chi connectivity index (χ1v) is 6.55. The van der Waals surface area contributed by atoms with Gasteiger partial charge in [-0.15, -0.1) is 11.8 Å². The molecular formula is C11H11BrN2OS. The maximum atomic E-state index is 9.05. The quantitative estimate of drug-likeness (QED) is 0.885. The Bertz CT molecular complexity index is 506. The predicted molar refractivity (Wildman–Crippen MR) is 69.6 cm³/mol. The number of aliphatic hydroxyl groups is 1. The van der Waals surface area contributed by atoms with Crippen LogP contribution in [0.5, 0.6) is 0 Å². The molecule has 1 unspecified atom stereocenters. The van der Waals surface area contributed by atoms with Crippen LogP contribution in [0.1, 0.15) is 6.92 Å². The standard InChI is InChI=1S/C11H11BrN2OS/c1-7(6-15)16-10-2-3-13-9-4-8(12)5-14-11(9)10/h2-5,7,15H,6H2,1H3. The van der Waals surface area contributed by atoms with Crippen LogP contribution < -0.4 is 0 Å². The van der Waals surface area contributed by atoms with E-state index in [1.165, 1.54) is 0 Å². The first kappa shape index (κ1) is 11.8. The fourth-order valence-electron chi connectivity index (χ4n) is 1.33. The number of nitrogens with zero attached hydrogens (tertiary/aromatic N) is 2. The molecule has 84 valence electrons. The number of fused-ring (bicyclic) bond motifs is 1. The molecule has 16 heavy (non-hydrogen) atoms. The van der Waals surface area contributed by atoms with Crippen LogP contribution in [0.2, 0.25) is 0 Å². The van der Waals surface area contributed by atoms with Gasteiger partial charge in [-0.2, -0.15) is 0 Å². The lowest BCUT2D eigenvalue weighted by Crippen LogP contribution is -2.02. The number of thioether (sulfide) groups is 1. The summed E-state index contributed by atoms with van der Waals surface area (Å²) in [4.78, 5) is 9.68. The third-order valence-corrected chi connectivity index (χ3v) is 3.66. The lowest BCUT2D eigenvalue weighted by molar-refractivity contribution is 0.300. The summed E-state index contributed by atoms with van der Waals surface area (Å²) in [7, 11) is 0. The zero-order chi connectivity index (χ0) is 11.5. The summed E-state index contributed by atoms with van der Waals surface area (Å²) >= 11 is 4.98. The van der Waals surface area contributed by atoms with Crippen molar-refractivity contribution in [2.24, 2.45) is 0 Å². The highest BCUT2D eigenvalue weighted by Crippen LogP contribution is 2.29. The second-order valence-corrected chi connectivity index (χ2v) is 5.84. The van der Waals surface area contributed by atoms with Gasteiger partial charge in [0.2, 0.25) is 0 Å². The number of aliphatic hydroxyl groups excluding tert-OH is 1. The van der Waals surface area contributed by atoms with E-state index in [0.29, 0.717) is 0 Å². The first-order chi connectivity index (χ1) is 7.70. The predicted octanol–water partition coefficient (Wildman–Crippen LogP) is 2.87. The minimum atomic E-state index is 0.158. The Morgan fingerprint density at radius 2 is 2.31 bits per heavy atom. The fraction of sp³-hybridized carbons (Fsp3) is 0.273. The number of halogens is 1. The molecule has 2 aromatic rings. The van der Waals surface area contributed by atoms with Gasteiger partial charge in [-0.3, -0.25) is 9.97 Å². The van der Waals surface area contributed by atoms with Crippen molar-refractivity contribution in [1.82, 2.24) is 9.97 Å². The molecule has 0 aliphatic rings. The molecule has 3 nitrogen and oxygen atoms in total. The van der Waals surface area contributed by atoms with Crippen LogP contribution in [0.3, 0.4) is 0 Å². The van der Waals surface area contributed by atoms with E-state index in [1.54, 1.807) is 24.2 Å². The van der Waals surface area contributed by atoms with Crippen LogP contribution in [0.4, 0.5) is 0 Å². The Morgan fingerprint density at radius 3 is 3.06 bits per heavy atom. The van der Waals surface area contributed by atoms with E-state index in [2.05, 4.69) is 25.9 Å². The molecule has 0 radical (unpaired) electrons. The van der Waals surface area contributed by atoms with E-state index in [9.17, 15) is 0 Å². The van der Waals surface area contributed by atoms with Gasteiger partial charge in [-0.25, -0.2) is 0 Å². The number of hydrogen-bond donors (Lipinski definition) is 1. The molecule has 0 bridgehead atoms. The average molecular weight is 299 g/mol. The molecule has 0 spiro atoms. The Hall–Kier alpha value is -0.650. The molecule has 0 saturated carbocycles. The fourth-order valence-corrected chi connectivity index (χ4v) is 2.57. The highest BCUT2D eigenvalue weighted by atomic mass is 79.9. The zero-order valence-corrected chi connectivity index (χ0v) is 11.1. The summed E-state index contributed by atoms with van der Waals surface area (Å²) in [6.45, 7) is 2.14. The summed E-state index contributed by atoms with van der Waals surface area (Å²) in [6, 6.07) is 3.87. The molecule has 0 saturated heterocycles. The largest absolute Gasteiger partial charge is 0.395 e. The van der Waals surface area contributed by atoms with Gasteiger partial charge in [0.25, 0.3) is 0 Å². The third-order valence-electron chi connectivity index (χ3n) is 2.09. The summed E-state index contributed by atoms with van der Waals surface area (Å²) in [6.07, 6.45) is 3.53. The Balaban J connectivity index is 2.45. The molecule has 0 fully saturated rings. The zero-order valence-electron chi connectivity index (χ0n) is 8.72. The lowest BCUT2D eigenvalue weighted by Gasteiger charge is -2.09. The highest BCUT2D eigenvalue weighted by molar-refractivity contribution is 9.10. The number of rotatable bonds is 3. The summed E-state index contributed by atoms with van der Waals surface area (Å²) in [5.74, 6) is 0. The molecule has 2 heterocycles. The number of hydrogen-bond acceptors (Lipinski definition) is 4. The highest BCUT2D eigenvalue weighted by Gasteiger charge is 2.08. The average Bonchev–Trinajstić information content (AvgIpc) is 2.28. The van der Waals surface area contributed by atoms with E-state index in [0.717, 1.165) is 20.4 Å². The molecular weight excluding hydrogens is 288 g/mol. The van der Waals surface area contributed by atoms with Crippen LogP contribution in [0, 0.1) is 0 Å². The monoisotopic (exact) mass is 298 g/mol. The van der Waals surface area contributed by atoms with Crippen molar-refractivity contribution >= 4 is 38.7 Å². The molecule has 1 N–H and O–H groups in total. The van der Waals surface area contributed by atoms with Gasteiger partial charge in [-0.05, 0) is 28.1 Å². The lowest BCUT2D eigenvalue weighted by atomic mass is 10.3. The van der Waals surface area contributed by atoms with Crippen molar-refractivity contribution < 1.29 is 5.11 Å². The van der Waals surface area contributed by atoms with E-state index < -0.39 is 0 Å². The molecule has 2 aromatic heterocycles. The maximum Gasteiger partial charge on any atom is 0.102 e. The van der Waals surface area contributed by atoms with E-state index in [4.69, 9.17) is 5.11 Å². The van der Waals surface area contributed by atoms with Gasteiger partial charge in [0.15, 0.2) is 0 Å². The van der Waals surface area contributed by atoms with Crippen molar-refractivity contribution in [3.8, 4) is 0 Å². The normalized spacial score (nSPS) is 12.9. The Kier molecular flexibility index (Phi) is 3.78. The van der Waals surface area contributed by atoms with E-state index in [-0.39, 0.29) is 11.9 Å². The van der Waals surface area contributed by atoms with Gasteiger partial charge < -0.3 is 5.11 Å². The molecule has 0 amide bonds. The van der Waals surface area contributed by atoms with Gasteiger partial charge >= 0.3 is 0 Å². The molecule has 1 atom stereocenters. The molecule has 0 aliphatic heterocycles. The second kappa shape index (κ2) is 5.12. The topological polar surface area (TPSA) is 46.0 Å². The van der Waals surface area contributed by atoms with Crippen LogP contribution in [-0.4, -0.2) is 26.9 Å². The third kappa shape index (κ3) is 2.53. The minimum absolute atomic E-state index is 0.158. The van der Waals surface area contributed by atoms with Crippen LogP contribution in [0.15, 0.2) is 33.9 Å². The van der Waals surface area contributed by atoms with Gasteiger partial charge in [0.1, 0.15) is 5.52 Å². The smallest absolute Gasteiger partial charge is 0.102 e. The molecule has 0 aromatic carbocycles. The second-order valence-electron chi connectivity index (χ2n) is 3.44. The van der Waals surface area contributed by atoms with Gasteiger partial charge in [-0.1, -0.05) is 6.92 Å². The SMILES string of the molecule is CC(CO)Sc1ccnc2cc(Br)cnc12. The van der Waals surface area contributed by atoms with E-state index >= 15 is 0 Å². The maximum absolute atomic E-state index is 9.05. The minimum Gasteiger partial charge on any atom is -0.395 e. The Labute approximate surface area is 106 Å². The summed E-state index contributed by atoms with van der Waals surface area (Å²) < 4.78 is 0.921. The van der Waals surface area contributed by atoms with Crippen molar-refractivity contribution in [3.05, 3.63) is 29.0 Å². The van der Waals surface area contributed by atoms with Gasteiger partial charge in [0, 0.05) is 27.0 Å². The van der Waals surface area contributed by atoms with Gasteiger partial charge in [0.05, 0.1) is 12.1 Å². The van der Waals surface area contributed by atoms with Crippen molar-refractivity contribution in [2.75, 3.05) is 6.61 Å². The van der Waals surface area contributed by atoms with Crippen LogP contribution >= 0.6 is 27.7 Å². The summed E-state index contributed by atoms with van der Waals surface area (Å²) in [5, 5.41) is 9.21. The number of aromatic nitrogens is 2. The van der Waals surface area contributed by atoms with E-state index in [1.807, 2.05) is 19.1 Å². The number of pyridine rings is 2. The van der Waals surface area contributed by atoms with Crippen LogP contribution in [0.25, 0.3) is 11.0 Å². The van der Waals surface area contributed by atoms with Crippen molar-refractivity contribution in [2.45, 2.75) is 17.1 Å². The molecule has 2 rings (SSSR count).